The van der Waals surface area contributed by atoms with Crippen molar-refractivity contribution in [2.45, 2.75) is 24.8 Å². The van der Waals surface area contributed by atoms with Gasteiger partial charge in [-0.3, -0.25) is 0 Å². The Morgan fingerprint density at radius 1 is 1.24 bits per heavy atom. The van der Waals surface area contributed by atoms with Crippen molar-refractivity contribution >= 4 is 21.4 Å². The lowest BCUT2D eigenvalue weighted by molar-refractivity contribution is 0.581. The van der Waals surface area contributed by atoms with E-state index in [9.17, 15) is 8.42 Å². The molecule has 2 rings (SSSR count). The molecule has 1 aromatic heterocycles. The number of rotatable bonds is 7. The first-order chi connectivity index (χ1) is 10.0. The Labute approximate surface area is 130 Å². The van der Waals surface area contributed by atoms with E-state index in [2.05, 4.69) is 10.0 Å². The molecule has 0 atom stereocenters. The minimum atomic E-state index is -3.45. The summed E-state index contributed by atoms with van der Waals surface area (Å²) in [5.41, 5.74) is 3.24. The maximum absolute atomic E-state index is 12.3. The molecule has 0 aliphatic heterocycles. The highest BCUT2D eigenvalue weighted by Crippen LogP contribution is 2.15. The van der Waals surface area contributed by atoms with Crippen molar-refractivity contribution in [1.82, 2.24) is 10.0 Å². The van der Waals surface area contributed by atoms with Gasteiger partial charge in [-0.15, -0.1) is 0 Å². The van der Waals surface area contributed by atoms with Crippen LogP contribution in [0.25, 0.3) is 0 Å². The molecule has 0 unspecified atom stereocenters. The van der Waals surface area contributed by atoms with Gasteiger partial charge in [0.25, 0.3) is 0 Å². The lowest BCUT2D eigenvalue weighted by Crippen LogP contribution is -2.26. The average molecular weight is 324 g/mol. The number of benzene rings is 1. The molecule has 6 heteroatoms. The van der Waals surface area contributed by atoms with Gasteiger partial charge in [0.15, 0.2) is 0 Å². The van der Waals surface area contributed by atoms with Crippen LogP contribution in [0, 0.1) is 6.92 Å². The molecule has 1 heterocycles. The SMILES string of the molecule is CNCc1cc(S(=O)(=O)NCCc2ccsc2)ccc1C. The molecular formula is C15H20N2O2S2. The van der Waals surface area contributed by atoms with Crippen molar-refractivity contribution in [3.05, 3.63) is 51.7 Å². The first-order valence-electron chi connectivity index (χ1n) is 6.78. The second-order valence-corrected chi connectivity index (χ2v) is 7.44. The molecule has 0 amide bonds. The highest BCUT2D eigenvalue weighted by molar-refractivity contribution is 7.89. The third-order valence-corrected chi connectivity index (χ3v) is 5.47. The predicted molar refractivity (Wildman–Crippen MR) is 87.2 cm³/mol. The van der Waals surface area contributed by atoms with Crippen LogP contribution in [0.1, 0.15) is 16.7 Å². The lowest BCUT2D eigenvalue weighted by atomic mass is 10.1. The van der Waals surface area contributed by atoms with Gasteiger partial charge in [0.2, 0.25) is 10.0 Å². The van der Waals surface area contributed by atoms with Crippen molar-refractivity contribution < 1.29 is 8.42 Å². The van der Waals surface area contributed by atoms with E-state index in [-0.39, 0.29) is 0 Å². The fraction of sp³-hybridized carbons (Fsp3) is 0.333. The molecule has 0 fully saturated rings. The van der Waals surface area contributed by atoms with E-state index in [0.717, 1.165) is 16.7 Å². The zero-order valence-corrected chi connectivity index (χ0v) is 13.9. The van der Waals surface area contributed by atoms with E-state index < -0.39 is 10.0 Å². The number of sulfonamides is 1. The van der Waals surface area contributed by atoms with Gasteiger partial charge in [-0.05, 0) is 66.0 Å². The largest absolute Gasteiger partial charge is 0.316 e. The van der Waals surface area contributed by atoms with Crippen LogP contribution in [-0.2, 0) is 23.0 Å². The minimum Gasteiger partial charge on any atom is -0.316 e. The zero-order valence-electron chi connectivity index (χ0n) is 12.2. The Balaban J connectivity index is 2.06. The van der Waals surface area contributed by atoms with Crippen LogP contribution >= 0.6 is 11.3 Å². The molecule has 114 valence electrons. The summed E-state index contributed by atoms with van der Waals surface area (Å²) in [6.07, 6.45) is 0.706. The third kappa shape index (κ3) is 4.38. The van der Waals surface area contributed by atoms with Crippen molar-refractivity contribution in [3.63, 3.8) is 0 Å². The second-order valence-electron chi connectivity index (χ2n) is 4.90. The van der Waals surface area contributed by atoms with Crippen molar-refractivity contribution in [3.8, 4) is 0 Å². The molecule has 1 aromatic carbocycles. The van der Waals surface area contributed by atoms with Crippen molar-refractivity contribution in [2.75, 3.05) is 13.6 Å². The van der Waals surface area contributed by atoms with Crippen LogP contribution in [0.15, 0.2) is 39.9 Å². The highest BCUT2D eigenvalue weighted by Gasteiger charge is 2.14. The summed E-state index contributed by atoms with van der Waals surface area (Å²) >= 11 is 1.62. The first-order valence-corrected chi connectivity index (χ1v) is 9.20. The van der Waals surface area contributed by atoms with E-state index in [1.165, 1.54) is 0 Å². The summed E-state index contributed by atoms with van der Waals surface area (Å²) < 4.78 is 27.3. The Morgan fingerprint density at radius 3 is 2.71 bits per heavy atom. The molecule has 4 nitrogen and oxygen atoms in total. The van der Waals surface area contributed by atoms with Gasteiger partial charge in [-0.25, -0.2) is 13.1 Å². The molecule has 0 saturated heterocycles. The number of aryl methyl sites for hydroxylation is 1. The summed E-state index contributed by atoms with van der Waals surface area (Å²) in [7, 11) is -1.60. The van der Waals surface area contributed by atoms with Crippen LogP contribution in [0.2, 0.25) is 0 Å². The smallest absolute Gasteiger partial charge is 0.240 e. The van der Waals surface area contributed by atoms with Gasteiger partial charge in [0.1, 0.15) is 0 Å². The fourth-order valence-electron chi connectivity index (χ4n) is 2.04. The normalized spacial score (nSPS) is 11.7. The van der Waals surface area contributed by atoms with Crippen LogP contribution in [0.3, 0.4) is 0 Å². The molecule has 0 bridgehead atoms. The minimum absolute atomic E-state index is 0.323. The highest BCUT2D eigenvalue weighted by atomic mass is 32.2. The van der Waals surface area contributed by atoms with E-state index in [0.29, 0.717) is 24.4 Å². The van der Waals surface area contributed by atoms with E-state index in [1.54, 1.807) is 23.5 Å². The number of hydrogen-bond donors (Lipinski definition) is 2. The summed E-state index contributed by atoms with van der Waals surface area (Å²) in [5.74, 6) is 0. The summed E-state index contributed by atoms with van der Waals surface area (Å²) in [6, 6.07) is 7.25. The van der Waals surface area contributed by atoms with Gasteiger partial charge in [0, 0.05) is 13.1 Å². The van der Waals surface area contributed by atoms with Gasteiger partial charge in [0.05, 0.1) is 4.90 Å². The average Bonchev–Trinajstić information content (AvgIpc) is 2.94. The van der Waals surface area contributed by atoms with E-state index in [1.807, 2.05) is 36.9 Å². The maximum Gasteiger partial charge on any atom is 0.240 e. The maximum atomic E-state index is 12.3. The molecular weight excluding hydrogens is 304 g/mol. The zero-order chi connectivity index (χ0) is 15.3. The summed E-state index contributed by atoms with van der Waals surface area (Å²) in [6.45, 7) is 3.05. The van der Waals surface area contributed by atoms with Gasteiger partial charge in [-0.1, -0.05) is 6.07 Å². The van der Waals surface area contributed by atoms with Gasteiger partial charge in [-0.2, -0.15) is 11.3 Å². The third-order valence-electron chi connectivity index (χ3n) is 3.28. The Kier molecular flexibility index (Phi) is 5.52. The van der Waals surface area contributed by atoms with Gasteiger partial charge >= 0.3 is 0 Å². The summed E-state index contributed by atoms with van der Waals surface area (Å²) in [5, 5.41) is 7.08. The molecule has 21 heavy (non-hydrogen) atoms. The molecule has 0 saturated carbocycles. The number of nitrogens with one attached hydrogen (secondary N) is 2. The first kappa shape index (κ1) is 16.2. The summed E-state index contributed by atoms with van der Waals surface area (Å²) in [4.78, 5) is 0.323. The number of hydrogen-bond acceptors (Lipinski definition) is 4. The van der Waals surface area contributed by atoms with Crippen LogP contribution in [-0.4, -0.2) is 22.0 Å². The second kappa shape index (κ2) is 7.17. The van der Waals surface area contributed by atoms with Crippen LogP contribution in [0.4, 0.5) is 0 Å². The quantitative estimate of drug-likeness (QED) is 0.821. The Morgan fingerprint density at radius 2 is 2.05 bits per heavy atom. The van der Waals surface area contributed by atoms with E-state index in [4.69, 9.17) is 0 Å². The van der Waals surface area contributed by atoms with Crippen LogP contribution in [0.5, 0.6) is 0 Å². The topological polar surface area (TPSA) is 58.2 Å². The molecule has 2 aromatic rings. The van der Waals surface area contributed by atoms with Gasteiger partial charge < -0.3 is 5.32 Å². The van der Waals surface area contributed by atoms with Crippen LogP contribution < -0.4 is 10.0 Å². The Hall–Kier alpha value is -1.21. The number of thiophene rings is 1. The molecule has 0 spiro atoms. The fourth-order valence-corrected chi connectivity index (χ4v) is 3.83. The molecule has 0 radical (unpaired) electrons. The van der Waals surface area contributed by atoms with Crippen molar-refractivity contribution in [2.24, 2.45) is 0 Å². The molecule has 2 N–H and O–H groups in total. The monoisotopic (exact) mass is 324 g/mol. The standard InChI is InChI=1S/C15H20N2O2S2/c1-12-3-4-15(9-14(12)10-16-2)21(18,19)17-7-5-13-6-8-20-11-13/h3-4,6,8-9,11,16-17H,5,7,10H2,1-2H3. The van der Waals surface area contributed by atoms with Crippen molar-refractivity contribution in [1.29, 1.82) is 0 Å². The molecule has 0 aliphatic carbocycles. The van der Waals surface area contributed by atoms with E-state index >= 15 is 0 Å². The lowest BCUT2D eigenvalue weighted by Gasteiger charge is -2.10. The molecule has 0 aliphatic rings. The Bertz CT molecular complexity index is 680. The predicted octanol–water partition coefficient (Wildman–Crippen LogP) is 2.30.